The minimum atomic E-state index is -0.298. The van der Waals surface area contributed by atoms with Gasteiger partial charge in [-0.15, -0.1) is 0 Å². The van der Waals surface area contributed by atoms with Gasteiger partial charge in [0.05, 0.1) is 17.2 Å². The Balaban J connectivity index is 1.61. The number of rotatable bonds is 5. The van der Waals surface area contributed by atoms with E-state index in [9.17, 15) is 14.0 Å². The standard InChI is InChI=1S/C20H18FN3O2/c21-15-7-5-14(6-8-15)12-23(16-9-10-16)20(26)13-24-18-4-2-1-3-17(18)22-11-19(24)25/h1-8,11,16H,9-10,12-13H2. The predicted octanol–water partition coefficient (Wildman–Crippen LogP) is 2.73. The molecule has 1 aliphatic carbocycles. The maximum atomic E-state index is 13.1. The third-order valence-corrected chi connectivity index (χ3v) is 4.62. The van der Waals surface area contributed by atoms with Crippen LogP contribution in [0.15, 0.2) is 59.5 Å². The molecule has 0 aliphatic heterocycles. The molecule has 3 aromatic rings. The summed E-state index contributed by atoms with van der Waals surface area (Å²) in [6.45, 7) is 0.390. The lowest BCUT2D eigenvalue weighted by Crippen LogP contribution is -2.37. The highest BCUT2D eigenvalue weighted by Crippen LogP contribution is 2.29. The monoisotopic (exact) mass is 351 g/mol. The molecule has 6 heteroatoms. The SMILES string of the molecule is O=C(Cn1c(=O)cnc2ccccc21)N(Cc1ccc(F)cc1)C1CC1. The van der Waals surface area contributed by atoms with Gasteiger partial charge in [0.2, 0.25) is 5.91 Å². The second kappa shape index (κ2) is 6.71. The number of fused-ring (bicyclic) bond motifs is 1. The number of halogens is 1. The number of hydrogen-bond donors (Lipinski definition) is 0. The molecule has 0 bridgehead atoms. The molecule has 1 amide bonds. The number of benzene rings is 2. The van der Waals surface area contributed by atoms with Crippen LogP contribution in [0, 0.1) is 5.82 Å². The molecule has 1 aliphatic rings. The number of carbonyl (C=O) groups excluding carboxylic acids is 1. The molecular weight excluding hydrogens is 333 g/mol. The lowest BCUT2D eigenvalue weighted by Gasteiger charge is -2.23. The van der Waals surface area contributed by atoms with Crippen molar-refractivity contribution in [2.75, 3.05) is 0 Å². The highest BCUT2D eigenvalue weighted by molar-refractivity contribution is 5.80. The third-order valence-electron chi connectivity index (χ3n) is 4.62. The van der Waals surface area contributed by atoms with E-state index in [2.05, 4.69) is 4.98 Å². The van der Waals surface area contributed by atoms with E-state index in [-0.39, 0.29) is 29.9 Å². The molecule has 132 valence electrons. The van der Waals surface area contributed by atoms with Crippen LogP contribution in [-0.2, 0) is 17.9 Å². The maximum absolute atomic E-state index is 13.1. The van der Waals surface area contributed by atoms with E-state index in [0.29, 0.717) is 17.6 Å². The number of hydrogen-bond acceptors (Lipinski definition) is 3. The first kappa shape index (κ1) is 16.4. The molecule has 0 spiro atoms. The predicted molar refractivity (Wildman–Crippen MR) is 96.0 cm³/mol. The molecular formula is C20H18FN3O2. The van der Waals surface area contributed by atoms with E-state index in [1.807, 2.05) is 18.2 Å². The summed E-state index contributed by atoms with van der Waals surface area (Å²) in [5.41, 5.74) is 1.90. The molecule has 2 aromatic carbocycles. The first-order chi connectivity index (χ1) is 12.6. The van der Waals surface area contributed by atoms with Gasteiger partial charge in [0.25, 0.3) is 5.56 Å². The van der Waals surface area contributed by atoms with Gasteiger partial charge in [0.15, 0.2) is 0 Å². The Hall–Kier alpha value is -3.02. The second-order valence-corrected chi connectivity index (χ2v) is 6.55. The molecule has 4 rings (SSSR count). The Bertz CT molecular complexity index is 1010. The summed E-state index contributed by atoms with van der Waals surface area (Å²) >= 11 is 0. The maximum Gasteiger partial charge on any atom is 0.269 e. The fourth-order valence-electron chi connectivity index (χ4n) is 3.10. The van der Waals surface area contributed by atoms with E-state index in [1.54, 1.807) is 23.1 Å². The van der Waals surface area contributed by atoms with Crippen molar-refractivity contribution in [3.05, 3.63) is 76.5 Å². The average Bonchev–Trinajstić information content (AvgIpc) is 3.48. The molecule has 5 nitrogen and oxygen atoms in total. The van der Waals surface area contributed by atoms with Gasteiger partial charge in [-0.3, -0.25) is 14.2 Å². The normalized spacial score (nSPS) is 13.7. The van der Waals surface area contributed by atoms with Crippen molar-refractivity contribution in [1.29, 1.82) is 0 Å². The Kier molecular flexibility index (Phi) is 4.24. The van der Waals surface area contributed by atoms with Gasteiger partial charge in [0.1, 0.15) is 12.4 Å². The number of para-hydroxylation sites is 2. The molecule has 0 unspecified atom stereocenters. The molecule has 1 heterocycles. The topological polar surface area (TPSA) is 55.2 Å². The largest absolute Gasteiger partial charge is 0.334 e. The van der Waals surface area contributed by atoms with Crippen molar-refractivity contribution in [3.63, 3.8) is 0 Å². The first-order valence-corrected chi connectivity index (χ1v) is 8.60. The average molecular weight is 351 g/mol. The zero-order chi connectivity index (χ0) is 18.1. The summed E-state index contributed by atoms with van der Waals surface area (Å²) in [4.78, 5) is 31.1. The van der Waals surface area contributed by atoms with Crippen LogP contribution in [0.25, 0.3) is 11.0 Å². The summed E-state index contributed by atoms with van der Waals surface area (Å²) in [6.07, 6.45) is 3.16. The van der Waals surface area contributed by atoms with Gasteiger partial charge < -0.3 is 4.90 Å². The van der Waals surface area contributed by atoms with Crippen LogP contribution in [0.4, 0.5) is 4.39 Å². The van der Waals surface area contributed by atoms with Crippen molar-refractivity contribution in [2.45, 2.75) is 32.0 Å². The minimum Gasteiger partial charge on any atom is -0.334 e. The fourth-order valence-corrected chi connectivity index (χ4v) is 3.10. The van der Waals surface area contributed by atoms with E-state index >= 15 is 0 Å². The molecule has 0 atom stereocenters. The van der Waals surface area contributed by atoms with E-state index in [0.717, 1.165) is 18.4 Å². The van der Waals surface area contributed by atoms with Crippen LogP contribution in [0.1, 0.15) is 18.4 Å². The quantitative estimate of drug-likeness (QED) is 0.710. The van der Waals surface area contributed by atoms with Crippen LogP contribution < -0.4 is 5.56 Å². The van der Waals surface area contributed by atoms with Crippen molar-refractivity contribution in [3.8, 4) is 0 Å². The fraction of sp³-hybridized carbons (Fsp3) is 0.250. The number of nitrogens with zero attached hydrogens (tertiary/aromatic N) is 3. The van der Waals surface area contributed by atoms with Gasteiger partial charge in [0, 0.05) is 12.6 Å². The number of aromatic nitrogens is 2. The van der Waals surface area contributed by atoms with Gasteiger partial charge in [-0.05, 0) is 42.7 Å². The lowest BCUT2D eigenvalue weighted by molar-refractivity contribution is -0.133. The molecule has 0 radical (unpaired) electrons. The van der Waals surface area contributed by atoms with Gasteiger partial charge in [-0.2, -0.15) is 0 Å². The third kappa shape index (κ3) is 3.35. The van der Waals surface area contributed by atoms with Crippen LogP contribution in [0.3, 0.4) is 0 Å². The summed E-state index contributed by atoms with van der Waals surface area (Å²) in [5, 5.41) is 0. The number of carbonyl (C=O) groups is 1. The zero-order valence-electron chi connectivity index (χ0n) is 14.1. The molecule has 26 heavy (non-hydrogen) atoms. The molecule has 1 saturated carbocycles. The Morgan fingerprint density at radius 3 is 2.62 bits per heavy atom. The molecule has 0 N–H and O–H groups in total. The van der Waals surface area contributed by atoms with Crippen molar-refractivity contribution < 1.29 is 9.18 Å². The van der Waals surface area contributed by atoms with Gasteiger partial charge >= 0.3 is 0 Å². The smallest absolute Gasteiger partial charge is 0.269 e. The van der Waals surface area contributed by atoms with E-state index < -0.39 is 0 Å². The zero-order valence-corrected chi connectivity index (χ0v) is 14.1. The van der Waals surface area contributed by atoms with Gasteiger partial charge in [-0.25, -0.2) is 9.37 Å². The summed E-state index contributed by atoms with van der Waals surface area (Å²) < 4.78 is 14.6. The van der Waals surface area contributed by atoms with E-state index in [1.165, 1.54) is 22.9 Å². The van der Waals surface area contributed by atoms with Crippen LogP contribution in [-0.4, -0.2) is 26.4 Å². The highest BCUT2D eigenvalue weighted by atomic mass is 19.1. The Morgan fingerprint density at radius 2 is 1.88 bits per heavy atom. The van der Waals surface area contributed by atoms with Crippen molar-refractivity contribution >= 4 is 16.9 Å². The molecule has 1 aromatic heterocycles. The summed E-state index contributed by atoms with van der Waals surface area (Å²) in [6, 6.07) is 13.6. The summed E-state index contributed by atoms with van der Waals surface area (Å²) in [5.74, 6) is -0.414. The van der Waals surface area contributed by atoms with Crippen LogP contribution in [0.5, 0.6) is 0 Å². The second-order valence-electron chi connectivity index (χ2n) is 6.55. The van der Waals surface area contributed by atoms with Crippen LogP contribution in [0.2, 0.25) is 0 Å². The Labute approximate surface area is 149 Å². The Morgan fingerprint density at radius 1 is 1.15 bits per heavy atom. The van der Waals surface area contributed by atoms with Crippen molar-refractivity contribution in [1.82, 2.24) is 14.5 Å². The van der Waals surface area contributed by atoms with Crippen molar-refractivity contribution in [2.24, 2.45) is 0 Å². The lowest BCUT2D eigenvalue weighted by atomic mass is 10.2. The van der Waals surface area contributed by atoms with Gasteiger partial charge in [-0.1, -0.05) is 24.3 Å². The first-order valence-electron chi connectivity index (χ1n) is 8.60. The molecule has 0 saturated heterocycles. The van der Waals surface area contributed by atoms with E-state index in [4.69, 9.17) is 0 Å². The molecule has 1 fully saturated rings. The minimum absolute atomic E-state index is 0.0282. The number of amides is 1. The summed E-state index contributed by atoms with van der Waals surface area (Å²) in [7, 11) is 0. The van der Waals surface area contributed by atoms with Crippen LogP contribution >= 0.6 is 0 Å². The highest BCUT2D eigenvalue weighted by Gasteiger charge is 2.32.